The topological polar surface area (TPSA) is 39.2 Å². The van der Waals surface area contributed by atoms with Gasteiger partial charge in [0.2, 0.25) is 5.78 Å². The highest BCUT2D eigenvalue weighted by atomic mass is 32.1. The van der Waals surface area contributed by atoms with Crippen molar-refractivity contribution in [1.29, 1.82) is 0 Å². The lowest BCUT2D eigenvalue weighted by molar-refractivity contribution is 0.104. The van der Waals surface area contributed by atoms with Crippen LogP contribution in [0.2, 0.25) is 0 Å². The number of ketones is 1. The maximum absolute atomic E-state index is 12.9. The molecule has 0 saturated carbocycles. The van der Waals surface area contributed by atoms with E-state index in [0.717, 1.165) is 26.5 Å². The van der Waals surface area contributed by atoms with Gasteiger partial charge in [0.1, 0.15) is 10.6 Å². The van der Waals surface area contributed by atoms with E-state index in [1.807, 2.05) is 36.4 Å². The van der Waals surface area contributed by atoms with Crippen molar-refractivity contribution in [3.05, 3.63) is 83.2 Å². The molecule has 0 radical (unpaired) electrons. The molecule has 2 aromatic heterocycles. The first-order valence-corrected chi connectivity index (χ1v) is 9.45. The number of aromatic nitrogens is 1. The quantitative estimate of drug-likeness (QED) is 0.296. The second kappa shape index (κ2) is 6.18. The summed E-state index contributed by atoms with van der Waals surface area (Å²) in [5, 5.41) is 4.38. The van der Waals surface area contributed by atoms with E-state index in [0.29, 0.717) is 16.2 Å². The fraction of sp³-hybridized carbons (Fsp3) is 0.0435. The smallest absolute Gasteiger partial charge is 0.203 e. The van der Waals surface area contributed by atoms with E-state index in [1.54, 1.807) is 13.2 Å². The summed E-state index contributed by atoms with van der Waals surface area (Å²) in [6.45, 7) is 0. The van der Waals surface area contributed by atoms with Crippen molar-refractivity contribution >= 4 is 49.0 Å². The monoisotopic (exact) mass is 369 g/mol. The molecule has 0 fully saturated rings. The fourth-order valence-corrected chi connectivity index (χ4v) is 4.36. The van der Waals surface area contributed by atoms with Crippen molar-refractivity contribution in [1.82, 2.24) is 4.98 Å². The number of hydrogen-bond acceptors (Lipinski definition) is 4. The van der Waals surface area contributed by atoms with Gasteiger partial charge in [0.25, 0.3) is 0 Å². The molecule has 0 amide bonds. The van der Waals surface area contributed by atoms with Crippen LogP contribution in [0.5, 0.6) is 5.75 Å². The molecule has 5 aromatic rings. The number of benzene rings is 3. The summed E-state index contributed by atoms with van der Waals surface area (Å²) in [4.78, 5) is 19.4. The van der Waals surface area contributed by atoms with Gasteiger partial charge < -0.3 is 4.74 Å². The fourth-order valence-electron chi connectivity index (χ4n) is 3.39. The first kappa shape index (κ1) is 16.0. The molecule has 0 saturated heterocycles. The van der Waals surface area contributed by atoms with Gasteiger partial charge in [0, 0.05) is 21.7 Å². The zero-order valence-corrected chi connectivity index (χ0v) is 15.4. The minimum Gasteiger partial charge on any atom is -0.497 e. The Bertz CT molecular complexity index is 1340. The Morgan fingerprint density at radius 3 is 2.63 bits per heavy atom. The van der Waals surface area contributed by atoms with Crippen LogP contribution in [0.1, 0.15) is 15.2 Å². The second-order valence-electron chi connectivity index (χ2n) is 6.41. The Morgan fingerprint density at radius 1 is 0.889 bits per heavy atom. The number of methoxy groups -OCH3 is 1. The third-order valence-corrected chi connectivity index (χ3v) is 5.80. The van der Waals surface area contributed by atoms with Crippen LogP contribution in [-0.4, -0.2) is 17.9 Å². The molecule has 0 unspecified atom stereocenters. The average molecular weight is 369 g/mol. The van der Waals surface area contributed by atoms with Gasteiger partial charge in [-0.05, 0) is 29.7 Å². The summed E-state index contributed by atoms with van der Waals surface area (Å²) >= 11 is 1.44. The Balaban J connectivity index is 1.67. The van der Waals surface area contributed by atoms with Crippen LogP contribution in [-0.2, 0) is 0 Å². The van der Waals surface area contributed by atoms with Gasteiger partial charge in [0.05, 0.1) is 17.5 Å². The minimum atomic E-state index is -0.00851. The maximum Gasteiger partial charge on any atom is 0.203 e. The van der Waals surface area contributed by atoms with E-state index >= 15 is 0 Å². The molecule has 0 aliphatic heterocycles. The highest BCUT2D eigenvalue weighted by molar-refractivity contribution is 7.20. The van der Waals surface area contributed by atoms with Crippen LogP contribution in [0.15, 0.2) is 72.8 Å². The summed E-state index contributed by atoms with van der Waals surface area (Å²) < 4.78 is 5.23. The number of fused-ring (bicyclic) bond motifs is 4. The number of carbonyl (C=O) groups excluding carboxylic acids is 1. The lowest BCUT2D eigenvalue weighted by Crippen LogP contribution is -1.98. The van der Waals surface area contributed by atoms with E-state index in [2.05, 4.69) is 30.3 Å². The number of rotatable bonds is 3. The van der Waals surface area contributed by atoms with Crippen LogP contribution in [0.25, 0.3) is 31.9 Å². The third-order valence-electron chi connectivity index (χ3n) is 4.75. The van der Waals surface area contributed by atoms with Crippen LogP contribution in [0, 0.1) is 0 Å². The first-order chi connectivity index (χ1) is 13.2. The lowest BCUT2D eigenvalue weighted by Gasteiger charge is -2.02. The summed E-state index contributed by atoms with van der Waals surface area (Å²) in [5.74, 6) is 0.670. The molecule has 4 heteroatoms. The highest BCUT2D eigenvalue weighted by Gasteiger charge is 2.15. The molecule has 130 valence electrons. The largest absolute Gasteiger partial charge is 0.497 e. The predicted molar refractivity (Wildman–Crippen MR) is 111 cm³/mol. The van der Waals surface area contributed by atoms with Gasteiger partial charge in [-0.3, -0.25) is 4.79 Å². The standard InChI is InChI=1S/C23H15NO2S/c1-26-18-7-4-6-16(12-18)22(25)20-13-17-11-15-10-9-14-5-2-3-8-19(14)21(15)24-23(17)27-20/h2-13H,1H3. The van der Waals surface area contributed by atoms with Gasteiger partial charge in [-0.25, -0.2) is 4.98 Å². The molecule has 2 heterocycles. The van der Waals surface area contributed by atoms with E-state index < -0.39 is 0 Å². The van der Waals surface area contributed by atoms with Gasteiger partial charge in [-0.15, -0.1) is 11.3 Å². The Labute approximate surface area is 159 Å². The van der Waals surface area contributed by atoms with E-state index in [9.17, 15) is 4.79 Å². The Morgan fingerprint density at radius 2 is 1.74 bits per heavy atom. The molecule has 0 aliphatic carbocycles. The summed E-state index contributed by atoms with van der Waals surface area (Å²) in [5.41, 5.74) is 1.60. The second-order valence-corrected chi connectivity index (χ2v) is 7.44. The van der Waals surface area contributed by atoms with Crippen LogP contribution in [0.3, 0.4) is 0 Å². The summed E-state index contributed by atoms with van der Waals surface area (Å²) in [6, 6.07) is 23.7. The number of nitrogens with zero attached hydrogens (tertiary/aromatic N) is 1. The molecule has 0 aliphatic rings. The lowest BCUT2D eigenvalue weighted by atomic mass is 10.1. The molecule has 0 spiro atoms. The normalized spacial score (nSPS) is 11.3. The van der Waals surface area contributed by atoms with E-state index in [4.69, 9.17) is 9.72 Å². The van der Waals surface area contributed by atoms with Crippen LogP contribution in [0.4, 0.5) is 0 Å². The van der Waals surface area contributed by atoms with Gasteiger partial charge in [-0.1, -0.05) is 48.5 Å². The number of carbonyl (C=O) groups is 1. The van der Waals surface area contributed by atoms with Gasteiger partial charge >= 0.3 is 0 Å². The summed E-state index contributed by atoms with van der Waals surface area (Å²) in [7, 11) is 1.60. The van der Waals surface area contributed by atoms with Gasteiger partial charge in [0.15, 0.2) is 0 Å². The van der Waals surface area contributed by atoms with Crippen molar-refractivity contribution in [3.63, 3.8) is 0 Å². The Kier molecular flexibility index (Phi) is 3.66. The van der Waals surface area contributed by atoms with Crippen molar-refractivity contribution in [3.8, 4) is 5.75 Å². The molecule has 5 rings (SSSR count). The highest BCUT2D eigenvalue weighted by Crippen LogP contribution is 2.32. The molecule has 0 N–H and O–H groups in total. The van der Waals surface area contributed by atoms with Crippen molar-refractivity contribution in [2.45, 2.75) is 0 Å². The zero-order valence-electron chi connectivity index (χ0n) is 14.6. The number of ether oxygens (including phenoxy) is 1. The predicted octanol–water partition coefficient (Wildman–Crippen LogP) is 5.84. The number of hydrogen-bond donors (Lipinski definition) is 0. The first-order valence-electron chi connectivity index (χ1n) is 8.64. The van der Waals surface area contributed by atoms with Crippen LogP contribution >= 0.6 is 11.3 Å². The van der Waals surface area contributed by atoms with Gasteiger partial charge in [-0.2, -0.15) is 0 Å². The minimum absolute atomic E-state index is 0.00851. The van der Waals surface area contributed by atoms with E-state index in [-0.39, 0.29) is 5.78 Å². The third kappa shape index (κ3) is 2.66. The van der Waals surface area contributed by atoms with E-state index in [1.165, 1.54) is 16.7 Å². The molecule has 27 heavy (non-hydrogen) atoms. The zero-order chi connectivity index (χ0) is 18.4. The molecule has 0 bridgehead atoms. The number of pyridine rings is 1. The Hall–Kier alpha value is -3.24. The molecular formula is C23H15NO2S. The van der Waals surface area contributed by atoms with Crippen molar-refractivity contribution in [2.75, 3.05) is 7.11 Å². The summed E-state index contributed by atoms with van der Waals surface area (Å²) in [6.07, 6.45) is 0. The molecular weight excluding hydrogens is 354 g/mol. The van der Waals surface area contributed by atoms with Crippen LogP contribution < -0.4 is 4.74 Å². The average Bonchev–Trinajstić information content (AvgIpc) is 3.14. The van der Waals surface area contributed by atoms with Crippen molar-refractivity contribution in [2.24, 2.45) is 0 Å². The molecule has 3 nitrogen and oxygen atoms in total. The maximum atomic E-state index is 12.9. The SMILES string of the molecule is COc1cccc(C(=O)c2cc3cc4ccc5ccccc5c4nc3s2)c1. The molecule has 3 aromatic carbocycles. The number of thiophene rings is 1. The van der Waals surface area contributed by atoms with Crippen molar-refractivity contribution < 1.29 is 9.53 Å². The molecule has 0 atom stereocenters.